The lowest BCUT2D eigenvalue weighted by molar-refractivity contribution is 0.223. The van der Waals surface area contributed by atoms with E-state index in [4.69, 9.17) is 16.3 Å². The summed E-state index contributed by atoms with van der Waals surface area (Å²) in [6.07, 6.45) is 1.30. The summed E-state index contributed by atoms with van der Waals surface area (Å²) in [7, 11) is 0. The Labute approximate surface area is 178 Å². The van der Waals surface area contributed by atoms with Crippen LogP contribution in [-0.2, 0) is 0 Å². The van der Waals surface area contributed by atoms with E-state index in [1.54, 1.807) is 6.33 Å². The van der Waals surface area contributed by atoms with E-state index in [1.165, 1.54) is 0 Å². The minimum absolute atomic E-state index is 0.155. The first kappa shape index (κ1) is 17.3. The fourth-order valence-corrected chi connectivity index (χ4v) is 4.47. The molecular formula is C24H17ClN4O. The Morgan fingerprint density at radius 2 is 1.63 bits per heavy atom. The average Bonchev–Trinajstić information content (AvgIpc) is 3.27. The maximum atomic E-state index is 6.57. The third-order valence-corrected chi connectivity index (χ3v) is 5.83. The van der Waals surface area contributed by atoms with Crippen molar-refractivity contribution in [2.24, 2.45) is 0 Å². The largest absolute Gasteiger partial charge is 0.480 e. The first-order valence-electron chi connectivity index (χ1n) is 9.76. The van der Waals surface area contributed by atoms with E-state index in [1.807, 2.05) is 59.3 Å². The molecule has 0 bridgehead atoms. The number of halogens is 1. The maximum Gasteiger partial charge on any atom is 0.226 e. The number of fused-ring (bicyclic) bond motifs is 3. The molecule has 2 atom stereocenters. The second-order valence-electron chi connectivity index (χ2n) is 7.35. The first-order valence-corrected chi connectivity index (χ1v) is 10.1. The van der Waals surface area contributed by atoms with Crippen LogP contribution in [0.4, 0.5) is 5.95 Å². The Morgan fingerprint density at radius 1 is 0.900 bits per heavy atom. The molecule has 0 saturated carbocycles. The highest BCUT2D eigenvalue weighted by Crippen LogP contribution is 2.50. The van der Waals surface area contributed by atoms with Gasteiger partial charge >= 0.3 is 0 Å². The Bertz CT molecular complexity index is 1270. The molecule has 0 aliphatic carbocycles. The molecule has 0 spiro atoms. The molecule has 2 unspecified atom stereocenters. The van der Waals surface area contributed by atoms with Gasteiger partial charge in [-0.1, -0.05) is 72.3 Å². The van der Waals surface area contributed by atoms with E-state index in [2.05, 4.69) is 39.7 Å². The number of benzene rings is 3. The lowest BCUT2D eigenvalue weighted by atomic mass is 9.84. The van der Waals surface area contributed by atoms with Crippen molar-refractivity contribution in [1.82, 2.24) is 14.8 Å². The predicted molar refractivity (Wildman–Crippen MR) is 116 cm³/mol. The van der Waals surface area contributed by atoms with Crippen molar-refractivity contribution in [3.05, 3.63) is 112 Å². The number of rotatable bonds is 2. The van der Waals surface area contributed by atoms with Gasteiger partial charge in [0.2, 0.25) is 5.95 Å². The van der Waals surface area contributed by atoms with Crippen molar-refractivity contribution in [1.29, 1.82) is 0 Å². The molecule has 0 radical (unpaired) electrons. The molecule has 0 amide bonds. The molecule has 2 aliphatic heterocycles. The second kappa shape index (κ2) is 6.75. The fraction of sp³-hybridized carbons (Fsp3) is 0.0833. The normalized spacial score (nSPS) is 19.2. The van der Waals surface area contributed by atoms with E-state index < -0.39 is 0 Å². The van der Waals surface area contributed by atoms with E-state index in [9.17, 15) is 0 Å². The molecule has 3 heterocycles. The minimum atomic E-state index is -0.273. The number of aromatic nitrogens is 3. The lowest BCUT2D eigenvalue weighted by Crippen LogP contribution is -2.32. The van der Waals surface area contributed by atoms with Crippen LogP contribution in [0.3, 0.4) is 0 Å². The third kappa shape index (κ3) is 2.63. The van der Waals surface area contributed by atoms with Crippen LogP contribution in [0.5, 0.6) is 5.75 Å². The summed E-state index contributed by atoms with van der Waals surface area (Å²) in [6.45, 7) is 0. The van der Waals surface area contributed by atoms with Gasteiger partial charge in [0.15, 0.2) is 0 Å². The van der Waals surface area contributed by atoms with Crippen LogP contribution in [0.2, 0.25) is 5.02 Å². The average molecular weight is 413 g/mol. The monoisotopic (exact) mass is 412 g/mol. The summed E-state index contributed by atoms with van der Waals surface area (Å²) >= 11 is 6.35. The number of nitrogens with one attached hydrogen (secondary N) is 1. The van der Waals surface area contributed by atoms with E-state index in [-0.39, 0.29) is 12.1 Å². The van der Waals surface area contributed by atoms with Gasteiger partial charge in [-0.3, -0.25) is 0 Å². The van der Waals surface area contributed by atoms with Crippen molar-refractivity contribution < 1.29 is 4.74 Å². The highest BCUT2D eigenvalue weighted by molar-refractivity contribution is 6.30. The molecule has 3 aromatic carbocycles. The predicted octanol–water partition coefficient (Wildman–Crippen LogP) is 5.49. The summed E-state index contributed by atoms with van der Waals surface area (Å²) in [5, 5.41) is 8.69. The minimum Gasteiger partial charge on any atom is -0.480 e. The molecule has 30 heavy (non-hydrogen) atoms. The van der Waals surface area contributed by atoms with Gasteiger partial charge in [0.25, 0.3) is 0 Å². The van der Waals surface area contributed by atoms with Crippen LogP contribution in [-0.4, -0.2) is 14.8 Å². The Balaban J connectivity index is 1.65. The third-order valence-electron chi connectivity index (χ3n) is 5.59. The van der Waals surface area contributed by atoms with Crippen molar-refractivity contribution in [3.63, 3.8) is 0 Å². The molecular weight excluding hydrogens is 396 g/mol. The highest BCUT2D eigenvalue weighted by Gasteiger charge is 2.40. The standard InChI is InChI=1S/C24H17ClN4O/c25-17-11-12-19-18(13-17)21-20(23(30-19)16-9-5-2-6-10-16)22(15-7-3-1-4-8-15)29-24(28-21)26-14-27-29/h1-14,22-23H,(H,26,27,28). The summed E-state index contributed by atoms with van der Waals surface area (Å²) in [5.41, 5.74) is 5.19. The van der Waals surface area contributed by atoms with Crippen LogP contribution in [0.15, 0.2) is 90.8 Å². The van der Waals surface area contributed by atoms with E-state index in [0.29, 0.717) is 11.0 Å². The van der Waals surface area contributed by atoms with E-state index >= 15 is 0 Å². The molecule has 1 aromatic heterocycles. The molecule has 0 fully saturated rings. The van der Waals surface area contributed by atoms with Gasteiger partial charge in [-0.2, -0.15) is 10.1 Å². The topological polar surface area (TPSA) is 52.0 Å². The van der Waals surface area contributed by atoms with Gasteiger partial charge < -0.3 is 10.1 Å². The maximum absolute atomic E-state index is 6.57. The zero-order chi connectivity index (χ0) is 20.1. The van der Waals surface area contributed by atoms with Crippen LogP contribution < -0.4 is 10.1 Å². The summed E-state index contributed by atoms with van der Waals surface area (Å²) < 4.78 is 8.49. The smallest absolute Gasteiger partial charge is 0.226 e. The molecule has 1 N–H and O–H groups in total. The SMILES string of the molecule is Clc1ccc2c(c1)C1=C(C(c3ccccc3)O2)C(c2ccccc2)n2ncnc2N1. The Hall–Kier alpha value is -3.57. The highest BCUT2D eigenvalue weighted by atomic mass is 35.5. The van der Waals surface area contributed by atoms with Crippen molar-refractivity contribution in [2.45, 2.75) is 12.1 Å². The van der Waals surface area contributed by atoms with Crippen molar-refractivity contribution in [3.8, 4) is 5.75 Å². The van der Waals surface area contributed by atoms with Crippen LogP contribution in [0.25, 0.3) is 5.70 Å². The number of hydrogen-bond donors (Lipinski definition) is 1. The lowest BCUT2D eigenvalue weighted by Gasteiger charge is -2.39. The molecule has 6 heteroatoms. The summed E-state index contributed by atoms with van der Waals surface area (Å²) in [6, 6.07) is 26.2. The Kier molecular flexibility index (Phi) is 3.89. The van der Waals surface area contributed by atoms with Gasteiger partial charge in [0.05, 0.1) is 5.70 Å². The molecule has 6 rings (SSSR count). The summed E-state index contributed by atoms with van der Waals surface area (Å²) in [5.74, 6) is 1.49. The number of ether oxygens (including phenoxy) is 1. The number of hydrogen-bond acceptors (Lipinski definition) is 4. The summed E-state index contributed by atoms with van der Waals surface area (Å²) in [4.78, 5) is 4.45. The zero-order valence-electron chi connectivity index (χ0n) is 15.9. The Morgan fingerprint density at radius 3 is 2.40 bits per heavy atom. The quantitative estimate of drug-likeness (QED) is 0.473. The molecule has 146 valence electrons. The second-order valence-corrected chi connectivity index (χ2v) is 7.78. The van der Waals surface area contributed by atoms with E-state index in [0.717, 1.165) is 33.7 Å². The first-order chi connectivity index (χ1) is 14.8. The van der Waals surface area contributed by atoms with Gasteiger partial charge in [-0.25, -0.2) is 4.68 Å². The fourth-order valence-electron chi connectivity index (χ4n) is 4.30. The molecule has 2 aliphatic rings. The van der Waals surface area contributed by atoms with Crippen LogP contribution in [0, 0.1) is 0 Å². The molecule has 5 nitrogen and oxygen atoms in total. The van der Waals surface area contributed by atoms with Gasteiger partial charge in [0.1, 0.15) is 24.2 Å². The van der Waals surface area contributed by atoms with Gasteiger partial charge in [-0.15, -0.1) is 0 Å². The molecule has 4 aromatic rings. The number of anilines is 1. The van der Waals surface area contributed by atoms with Gasteiger partial charge in [-0.05, 0) is 29.3 Å². The van der Waals surface area contributed by atoms with Crippen LogP contribution in [0.1, 0.15) is 28.8 Å². The van der Waals surface area contributed by atoms with Gasteiger partial charge in [0, 0.05) is 16.2 Å². The number of nitrogens with zero attached hydrogens (tertiary/aromatic N) is 3. The van der Waals surface area contributed by atoms with Crippen LogP contribution >= 0.6 is 11.6 Å². The van der Waals surface area contributed by atoms with Crippen molar-refractivity contribution >= 4 is 23.2 Å². The van der Waals surface area contributed by atoms with Crippen molar-refractivity contribution in [2.75, 3.05) is 5.32 Å². The molecule has 0 saturated heterocycles. The zero-order valence-corrected chi connectivity index (χ0v) is 16.6.